The van der Waals surface area contributed by atoms with Crippen molar-refractivity contribution in [1.82, 2.24) is 19.4 Å². The van der Waals surface area contributed by atoms with Crippen molar-refractivity contribution in [2.75, 3.05) is 20.3 Å². The van der Waals surface area contributed by atoms with Crippen molar-refractivity contribution in [2.24, 2.45) is 0 Å². The normalized spacial score (nSPS) is 16.9. The summed E-state index contributed by atoms with van der Waals surface area (Å²) in [5.74, 6) is -1.74. The van der Waals surface area contributed by atoms with Crippen molar-refractivity contribution in [3.63, 3.8) is 0 Å². The highest BCUT2D eigenvalue weighted by Crippen LogP contribution is 2.41. The van der Waals surface area contributed by atoms with Crippen molar-refractivity contribution in [2.45, 2.75) is 39.8 Å². The molecule has 0 aliphatic carbocycles. The molecule has 194 valence electrons. The number of likely N-dealkylation sites (tertiary alicyclic amines) is 1. The summed E-state index contributed by atoms with van der Waals surface area (Å²) in [6.45, 7) is 6.14. The molecule has 3 heterocycles. The lowest BCUT2D eigenvalue weighted by molar-refractivity contribution is -0.139. The van der Waals surface area contributed by atoms with E-state index in [0.717, 1.165) is 0 Å². The molecule has 1 atom stereocenters. The van der Waals surface area contributed by atoms with E-state index in [9.17, 15) is 19.5 Å². The third kappa shape index (κ3) is 4.87. The number of aliphatic hydroxyl groups excluding tert-OH is 1. The second kappa shape index (κ2) is 10.7. The minimum atomic E-state index is -0.812. The number of nitrogens with one attached hydrogen (secondary N) is 1. The molecule has 2 aromatic heterocycles. The molecule has 3 aromatic rings. The number of H-pyrrole nitrogens is 1. The van der Waals surface area contributed by atoms with E-state index in [0.29, 0.717) is 41.1 Å². The molecule has 10 nitrogen and oxygen atoms in total. The van der Waals surface area contributed by atoms with Gasteiger partial charge in [0.15, 0.2) is 0 Å². The van der Waals surface area contributed by atoms with Gasteiger partial charge >= 0.3 is 5.97 Å². The van der Waals surface area contributed by atoms with E-state index in [1.165, 1.54) is 4.90 Å². The number of imidazole rings is 1. The van der Waals surface area contributed by atoms with E-state index in [4.69, 9.17) is 9.47 Å². The molecule has 0 saturated carbocycles. The van der Waals surface area contributed by atoms with Crippen LogP contribution in [0.4, 0.5) is 0 Å². The van der Waals surface area contributed by atoms with Crippen LogP contribution in [0.15, 0.2) is 48.6 Å². The average molecular weight is 507 g/mol. The Morgan fingerprint density at radius 2 is 1.89 bits per heavy atom. The number of esters is 1. The van der Waals surface area contributed by atoms with E-state index in [2.05, 4.69) is 9.97 Å². The first kappa shape index (κ1) is 25.7. The van der Waals surface area contributed by atoms with Crippen LogP contribution >= 0.6 is 0 Å². The number of aromatic amines is 1. The first-order valence-electron chi connectivity index (χ1n) is 12.0. The largest absolute Gasteiger partial charge is 0.507 e. The lowest BCUT2D eigenvalue weighted by Crippen LogP contribution is -2.31. The molecule has 0 bridgehead atoms. The van der Waals surface area contributed by atoms with Gasteiger partial charge in [-0.05, 0) is 50.5 Å². The molecule has 1 aromatic carbocycles. The molecule has 1 fully saturated rings. The van der Waals surface area contributed by atoms with Crippen LogP contribution in [-0.4, -0.2) is 62.5 Å². The number of amides is 1. The standard InChI is InChI=1S/C27H30N4O6/c1-5-37-27(35)22-16(2)20(17(3)29-22)24(32)21-23(18-7-9-19(36-4)10-8-18)31(26(34)25(21)33)13-6-12-30-14-11-28-15-30/h7-11,14-15,23,29,32H,5-6,12-13H2,1-4H3. The highest BCUT2D eigenvalue weighted by molar-refractivity contribution is 6.46. The summed E-state index contributed by atoms with van der Waals surface area (Å²) in [6.07, 6.45) is 5.77. The fraction of sp³-hybridized carbons (Fsp3) is 0.333. The molecule has 0 spiro atoms. The number of aryl methyl sites for hydroxylation is 2. The maximum atomic E-state index is 13.3. The molecular weight excluding hydrogens is 476 g/mol. The Labute approximate surface area is 214 Å². The Morgan fingerprint density at radius 3 is 2.51 bits per heavy atom. The van der Waals surface area contributed by atoms with Gasteiger partial charge in [0.05, 0.1) is 31.7 Å². The molecular formula is C27H30N4O6. The monoisotopic (exact) mass is 506 g/mol. The van der Waals surface area contributed by atoms with Crippen LogP contribution in [0.25, 0.3) is 5.76 Å². The van der Waals surface area contributed by atoms with Crippen LogP contribution in [0.3, 0.4) is 0 Å². The summed E-state index contributed by atoms with van der Waals surface area (Å²) < 4.78 is 12.3. The summed E-state index contributed by atoms with van der Waals surface area (Å²) in [5.41, 5.74) is 2.04. The van der Waals surface area contributed by atoms with Crippen LogP contribution in [0.2, 0.25) is 0 Å². The van der Waals surface area contributed by atoms with Crippen LogP contribution < -0.4 is 4.74 Å². The number of ether oxygens (including phenoxy) is 2. The number of carbonyl (C=O) groups is 3. The van der Waals surface area contributed by atoms with E-state index in [-0.39, 0.29) is 30.2 Å². The minimum absolute atomic E-state index is 0.0293. The Hall–Kier alpha value is -4.34. The van der Waals surface area contributed by atoms with Crippen molar-refractivity contribution < 1.29 is 29.0 Å². The lowest BCUT2D eigenvalue weighted by atomic mass is 9.94. The molecule has 1 amide bonds. The van der Waals surface area contributed by atoms with Crippen LogP contribution in [0, 0.1) is 13.8 Å². The molecule has 2 N–H and O–H groups in total. The van der Waals surface area contributed by atoms with Gasteiger partial charge in [-0.3, -0.25) is 9.59 Å². The van der Waals surface area contributed by atoms with Gasteiger partial charge in [0.25, 0.3) is 11.7 Å². The third-order valence-electron chi connectivity index (χ3n) is 6.50. The number of aliphatic hydroxyl groups is 1. The molecule has 1 saturated heterocycles. The SMILES string of the molecule is CCOC(=O)c1[nH]c(C)c(C(O)=C2C(=O)C(=O)N(CCCn3ccnc3)C2c2ccc(OC)cc2)c1C. The molecule has 4 rings (SSSR count). The third-order valence-corrected chi connectivity index (χ3v) is 6.50. The molecule has 37 heavy (non-hydrogen) atoms. The number of nitrogens with zero attached hydrogens (tertiary/aromatic N) is 3. The maximum Gasteiger partial charge on any atom is 0.355 e. The first-order chi connectivity index (χ1) is 17.8. The minimum Gasteiger partial charge on any atom is -0.507 e. The van der Waals surface area contributed by atoms with Gasteiger partial charge in [-0.1, -0.05) is 12.1 Å². The Kier molecular flexibility index (Phi) is 7.47. The van der Waals surface area contributed by atoms with Gasteiger partial charge in [-0.25, -0.2) is 9.78 Å². The maximum absolute atomic E-state index is 13.3. The summed E-state index contributed by atoms with van der Waals surface area (Å²) in [7, 11) is 1.55. The fourth-order valence-electron chi connectivity index (χ4n) is 4.73. The highest BCUT2D eigenvalue weighted by atomic mass is 16.5. The van der Waals surface area contributed by atoms with Crippen molar-refractivity contribution in [1.29, 1.82) is 0 Å². The van der Waals surface area contributed by atoms with Crippen LogP contribution in [-0.2, 0) is 20.9 Å². The average Bonchev–Trinajstić information content (AvgIpc) is 3.57. The zero-order valence-corrected chi connectivity index (χ0v) is 21.3. The number of hydrogen-bond acceptors (Lipinski definition) is 7. The predicted molar refractivity (Wildman–Crippen MR) is 135 cm³/mol. The number of rotatable bonds is 9. The summed E-state index contributed by atoms with van der Waals surface area (Å²) in [6, 6.07) is 6.21. The van der Waals surface area contributed by atoms with E-state index in [1.54, 1.807) is 64.7 Å². The molecule has 1 aliphatic heterocycles. The second-order valence-corrected chi connectivity index (χ2v) is 8.77. The van der Waals surface area contributed by atoms with Gasteiger partial charge in [0.1, 0.15) is 17.2 Å². The van der Waals surface area contributed by atoms with Crippen LogP contribution in [0.5, 0.6) is 5.75 Å². The molecule has 0 radical (unpaired) electrons. The zero-order chi connectivity index (χ0) is 26.7. The van der Waals surface area contributed by atoms with E-state index in [1.807, 2.05) is 10.8 Å². The van der Waals surface area contributed by atoms with Crippen molar-refractivity contribution in [3.05, 3.63) is 76.6 Å². The first-order valence-corrected chi connectivity index (χ1v) is 12.0. The van der Waals surface area contributed by atoms with Crippen molar-refractivity contribution in [3.8, 4) is 5.75 Å². The predicted octanol–water partition coefficient (Wildman–Crippen LogP) is 3.53. The number of Topliss-reactive ketones (excluding diaryl/α,β-unsaturated/α-hetero) is 1. The van der Waals surface area contributed by atoms with Gasteiger partial charge in [0, 0.05) is 36.7 Å². The number of hydrogen-bond donors (Lipinski definition) is 2. The fourth-order valence-corrected chi connectivity index (χ4v) is 4.73. The number of aromatic nitrogens is 3. The number of benzene rings is 1. The molecule has 1 aliphatic rings. The molecule has 10 heteroatoms. The van der Waals surface area contributed by atoms with Gasteiger partial charge < -0.3 is 29.0 Å². The number of methoxy groups -OCH3 is 1. The van der Waals surface area contributed by atoms with Crippen molar-refractivity contribution >= 4 is 23.4 Å². The lowest BCUT2D eigenvalue weighted by Gasteiger charge is -2.25. The highest BCUT2D eigenvalue weighted by Gasteiger charge is 2.46. The summed E-state index contributed by atoms with van der Waals surface area (Å²) in [4.78, 5) is 47.4. The summed E-state index contributed by atoms with van der Waals surface area (Å²) in [5, 5.41) is 11.5. The van der Waals surface area contributed by atoms with E-state index >= 15 is 0 Å². The number of carbonyl (C=O) groups excluding carboxylic acids is 3. The van der Waals surface area contributed by atoms with Crippen LogP contribution in [0.1, 0.15) is 52.3 Å². The Balaban J connectivity index is 1.78. The van der Waals surface area contributed by atoms with Gasteiger partial charge in [0.2, 0.25) is 0 Å². The Bertz CT molecular complexity index is 1340. The smallest absolute Gasteiger partial charge is 0.355 e. The molecule has 1 unspecified atom stereocenters. The Morgan fingerprint density at radius 1 is 1.16 bits per heavy atom. The van der Waals surface area contributed by atoms with Gasteiger partial charge in [-0.2, -0.15) is 0 Å². The quantitative estimate of drug-likeness (QED) is 0.197. The summed E-state index contributed by atoms with van der Waals surface area (Å²) >= 11 is 0. The topological polar surface area (TPSA) is 127 Å². The number of ketones is 1. The second-order valence-electron chi connectivity index (χ2n) is 8.77. The zero-order valence-electron chi connectivity index (χ0n) is 21.3. The van der Waals surface area contributed by atoms with E-state index < -0.39 is 23.7 Å². The van der Waals surface area contributed by atoms with Gasteiger partial charge in [-0.15, -0.1) is 0 Å².